The number of rotatable bonds is 0. The molecule has 0 radical (unpaired) electrons. The van der Waals surface area contributed by atoms with Crippen molar-refractivity contribution in [2.45, 2.75) is 0 Å². The lowest BCUT2D eigenvalue weighted by Gasteiger charge is -1.70. The smallest absolute Gasteiger partial charge is 0.278 e. The zero-order valence-corrected chi connectivity index (χ0v) is 6.83. The Balaban J connectivity index is 3.04. The van der Waals surface area contributed by atoms with Gasteiger partial charge in [-0.15, -0.1) is 11.3 Å². The minimum absolute atomic E-state index is 0.685. The molecule has 0 aliphatic rings. The molecule has 1 heterocycles. The first-order valence-corrected chi connectivity index (χ1v) is 3.78. The second-order valence-corrected chi connectivity index (χ2v) is 4.38. The molecule has 0 unspecified atom stereocenters. The van der Waals surface area contributed by atoms with E-state index in [1.54, 1.807) is 11.3 Å². The molecule has 1 aromatic heterocycles. The van der Waals surface area contributed by atoms with Crippen molar-refractivity contribution in [2.24, 2.45) is 0 Å². The predicted molar refractivity (Wildman–Crippen MR) is 34.7 cm³/mol. The van der Waals surface area contributed by atoms with Gasteiger partial charge in [0.15, 0.2) is 5.13 Å². The number of nitrogen functional groups attached to an aromatic ring is 1. The number of anilines is 1. The van der Waals surface area contributed by atoms with Crippen LogP contribution in [0.3, 0.4) is 0 Å². The lowest BCUT2D eigenvalue weighted by Crippen LogP contribution is -1.89. The van der Waals surface area contributed by atoms with Gasteiger partial charge in [-0.1, -0.05) is 3.74 Å². The van der Waals surface area contributed by atoms with Crippen LogP contribution in [0, 0.1) is 0 Å². The monoisotopic (exact) mass is 128 g/mol. The van der Waals surface area contributed by atoms with E-state index in [4.69, 9.17) is 5.73 Å². The summed E-state index contributed by atoms with van der Waals surface area (Å²) in [5, 5.41) is 0.685. The summed E-state index contributed by atoms with van der Waals surface area (Å²) >= 11 is 2.64. The first-order valence-electron chi connectivity index (χ1n) is 1.97. The van der Waals surface area contributed by atoms with Crippen molar-refractivity contribution >= 4 is 36.5 Å². The van der Waals surface area contributed by atoms with Gasteiger partial charge in [-0.3, -0.25) is 0 Å². The van der Waals surface area contributed by atoms with E-state index in [0.717, 1.165) is 16.3 Å². The molecule has 0 aliphatic heterocycles. The number of aromatic nitrogens is 1. The van der Waals surface area contributed by atoms with Gasteiger partial charge < -0.3 is 5.73 Å². The molecule has 1 rings (SSSR count). The van der Waals surface area contributed by atoms with E-state index < -0.39 is 0 Å². The van der Waals surface area contributed by atoms with Gasteiger partial charge in [-0.05, 0) is 0 Å². The summed E-state index contributed by atoms with van der Waals surface area (Å²) in [6, 6.07) is 0. The molecule has 0 saturated heterocycles. The van der Waals surface area contributed by atoms with Crippen LogP contribution in [-0.4, -0.2) is 21.3 Å². The van der Waals surface area contributed by atoms with Gasteiger partial charge in [0, 0.05) is 6.20 Å². The fourth-order valence-corrected chi connectivity index (χ4v) is 1.67. The summed E-state index contributed by atoms with van der Waals surface area (Å²) in [7, 11) is 0. The summed E-state index contributed by atoms with van der Waals surface area (Å²) in [6.45, 7) is 0. The summed E-state index contributed by atoms with van der Waals surface area (Å²) in [4.78, 5) is 3.85. The fraction of sp³-hybridized carbons (Fsp3) is 0. The zero-order chi connectivity index (χ0) is 5.28. The van der Waals surface area contributed by atoms with Crippen LogP contribution in [0.4, 0.5) is 5.13 Å². The van der Waals surface area contributed by atoms with Gasteiger partial charge in [-0.2, -0.15) is 0 Å². The van der Waals surface area contributed by atoms with Gasteiger partial charge in [-0.25, -0.2) is 4.98 Å². The molecule has 4 heteroatoms. The van der Waals surface area contributed by atoms with E-state index in [1.165, 1.54) is 3.74 Å². The van der Waals surface area contributed by atoms with Gasteiger partial charge >= 0.3 is 0 Å². The summed E-state index contributed by atoms with van der Waals surface area (Å²) in [5.74, 6) is 0. The van der Waals surface area contributed by atoms with Crippen molar-refractivity contribution in [1.29, 1.82) is 0 Å². The highest BCUT2D eigenvalue weighted by Crippen LogP contribution is 1.98. The molecule has 2 N–H and O–H groups in total. The maximum atomic E-state index is 5.31. The molecule has 0 amide bonds. The maximum Gasteiger partial charge on any atom is 0.278 e. The van der Waals surface area contributed by atoms with Gasteiger partial charge in [0.25, 0.3) is 16.3 Å². The minimum Gasteiger partial charge on any atom is -0.375 e. The fourth-order valence-electron chi connectivity index (χ4n) is 0.372. The topological polar surface area (TPSA) is 38.9 Å². The van der Waals surface area contributed by atoms with E-state index in [-0.39, 0.29) is 0 Å². The van der Waals surface area contributed by atoms with Crippen molar-refractivity contribution in [3.63, 3.8) is 0 Å². The number of hydrogen-bond donors (Lipinski definition) is 1. The summed E-state index contributed by atoms with van der Waals surface area (Å²) < 4.78 is 1.30. The van der Waals surface area contributed by atoms with Crippen LogP contribution in [0.5, 0.6) is 0 Å². The number of nitrogens with zero attached hydrogens (tertiary/aromatic N) is 1. The number of hydrogen-bond acceptors (Lipinski definition) is 3. The molecule has 0 fully saturated rings. The molecular weight excluding hydrogens is 123 g/mol. The Morgan fingerprint density at radius 3 is 2.71 bits per heavy atom. The Hall–Kier alpha value is -0.0375. The second-order valence-electron chi connectivity index (χ2n) is 1.31. The number of nitrogens with two attached hydrogens (primary N) is 1. The Kier molecular flexibility index (Phi) is 1.33. The Labute approximate surface area is 53.8 Å². The molecule has 0 spiro atoms. The third-order valence-corrected chi connectivity index (χ3v) is 2.25. The highest BCUT2D eigenvalue weighted by atomic mass is 32.1. The predicted octanol–water partition coefficient (Wildman–Crippen LogP) is -1.02. The highest BCUT2D eigenvalue weighted by Gasteiger charge is 1.86. The van der Waals surface area contributed by atoms with E-state index in [1.807, 2.05) is 6.20 Å². The van der Waals surface area contributed by atoms with Crippen LogP contribution in [-0.2, 0) is 0 Å². The minimum atomic E-state index is 0.685. The second kappa shape index (κ2) is 1.83. The van der Waals surface area contributed by atoms with E-state index in [9.17, 15) is 0 Å². The quantitative estimate of drug-likeness (QED) is 0.454. The van der Waals surface area contributed by atoms with Crippen LogP contribution in [0.25, 0.3) is 0 Å². The van der Waals surface area contributed by atoms with Crippen molar-refractivity contribution in [3.8, 4) is 0 Å². The third kappa shape index (κ3) is 1.17. The van der Waals surface area contributed by atoms with Crippen LogP contribution in [0.2, 0.25) is 0 Å². The summed E-state index contributed by atoms with van der Waals surface area (Å²) in [5.41, 5.74) is 5.31. The molecule has 36 valence electrons. The zero-order valence-electron chi connectivity index (χ0n) is 4.01. The van der Waals surface area contributed by atoms with Crippen LogP contribution in [0.15, 0.2) is 6.20 Å². The van der Waals surface area contributed by atoms with Crippen LogP contribution >= 0.6 is 11.3 Å². The van der Waals surface area contributed by atoms with Crippen molar-refractivity contribution in [3.05, 3.63) is 6.20 Å². The van der Waals surface area contributed by atoms with Gasteiger partial charge in [0.2, 0.25) is 0 Å². The Morgan fingerprint density at radius 2 is 2.57 bits per heavy atom. The molecule has 0 bridgehead atoms. The highest BCUT2D eigenvalue weighted by molar-refractivity contribution is 7.22. The van der Waals surface area contributed by atoms with Crippen LogP contribution in [0.1, 0.15) is 0 Å². The lowest BCUT2D eigenvalue weighted by molar-refractivity contribution is 1.44. The molecule has 0 saturated carbocycles. The molecule has 0 aliphatic carbocycles. The Morgan fingerprint density at radius 1 is 1.86 bits per heavy atom. The van der Waals surface area contributed by atoms with E-state index in [0.29, 0.717) is 5.13 Å². The van der Waals surface area contributed by atoms with Gasteiger partial charge in [0.05, 0.1) is 0 Å². The van der Waals surface area contributed by atoms with E-state index in [2.05, 4.69) is 4.98 Å². The molecule has 0 atom stereocenters. The SMILES string of the molecule is Nc1nc[c]([AlH2])s1. The molecule has 0 aromatic carbocycles. The molecule has 1 aromatic rings. The van der Waals surface area contributed by atoms with Crippen molar-refractivity contribution in [1.82, 2.24) is 4.98 Å². The van der Waals surface area contributed by atoms with Crippen molar-refractivity contribution in [2.75, 3.05) is 5.73 Å². The van der Waals surface area contributed by atoms with Gasteiger partial charge in [0.1, 0.15) is 0 Å². The standard InChI is InChI=1S/C3H3N2S.Al.2H/c4-3-5-1-2-6-3;;;/h1H,(H2,4,5);;;. The largest absolute Gasteiger partial charge is 0.375 e. The average molecular weight is 128 g/mol. The molecule has 7 heavy (non-hydrogen) atoms. The van der Waals surface area contributed by atoms with E-state index >= 15 is 0 Å². The molecular formula is C3H5AlN2S. The average Bonchev–Trinajstić information content (AvgIpc) is 1.87. The first-order chi connectivity index (χ1) is 3.29. The summed E-state index contributed by atoms with van der Waals surface area (Å²) in [6.07, 6.45) is 1.83. The van der Waals surface area contributed by atoms with Crippen molar-refractivity contribution < 1.29 is 0 Å². The molecule has 2 nitrogen and oxygen atoms in total. The lowest BCUT2D eigenvalue weighted by atomic mass is 11.0. The third-order valence-electron chi connectivity index (χ3n) is 0.639. The maximum absolute atomic E-state index is 5.31. The normalized spacial score (nSPS) is 9.14. The Bertz CT molecular complexity index is 145. The first kappa shape index (κ1) is 5.11. The number of thiazole rings is 1. The van der Waals surface area contributed by atoms with Crippen LogP contribution < -0.4 is 9.47 Å².